The van der Waals surface area contributed by atoms with Gasteiger partial charge in [-0.25, -0.2) is 14.2 Å². The quantitative estimate of drug-likeness (QED) is 0.597. The third kappa shape index (κ3) is 4.95. The van der Waals surface area contributed by atoms with Gasteiger partial charge >= 0.3 is 5.97 Å². The van der Waals surface area contributed by atoms with Crippen molar-refractivity contribution >= 4 is 52.3 Å². The number of rotatable bonds is 8. The average Bonchev–Trinajstić information content (AvgIpc) is 3.25. The molecule has 0 saturated carbocycles. The van der Waals surface area contributed by atoms with Crippen LogP contribution in [0.2, 0.25) is 5.02 Å². The number of aromatic carboxylic acids is 1. The molecule has 0 unspecified atom stereocenters. The predicted octanol–water partition coefficient (Wildman–Crippen LogP) is 4.14. The van der Waals surface area contributed by atoms with Gasteiger partial charge in [0.25, 0.3) is 0 Å². The van der Waals surface area contributed by atoms with Crippen LogP contribution < -0.4 is 5.32 Å². The highest BCUT2D eigenvalue weighted by Gasteiger charge is 2.30. The molecule has 2 heterocycles. The van der Waals surface area contributed by atoms with E-state index in [-0.39, 0.29) is 23.5 Å². The Morgan fingerprint density at radius 3 is 3.04 bits per heavy atom. The Hall–Kier alpha value is -1.84. The first-order valence-corrected chi connectivity index (χ1v) is 10.9. The third-order valence-electron chi connectivity index (χ3n) is 4.49. The molecule has 1 amide bonds. The van der Waals surface area contributed by atoms with Crippen molar-refractivity contribution < 1.29 is 19.1 Å². The number of carboxylic acids is 1. The number of thiazole rings is 1. The van der Waals surface area contributed by atoms with Crippen molar-refractivity contribution in [2.45, 2.75) is 30.1 Å². The van der Waals surface area contributed by atoms with E-state index in [1.54, 1.807) is 13.0 Å². The molecule has 2 aromatic rings. The monoisotopic (exact) mass is 443 g/mol. The van der Waals surface area contributed by atoms with Crippen LogP contribution in [0.5, 0.6) is 0 Å². The minimum Gasteiger partial charge on any atom is -0.476 e. The number of nitrogens with one attached hydrogen (secondary N) is 1. The van der Waals surface area contributed by atoms with Crippen molar-refractivity contribution in [3.05, 3.63) is 39.6 Å². The molecule has 1 aliphatic heterocycles. The van der Waals surface area contributed by atoms with Gasteiger partial charge in [-0.3, -0.25) is 4.79 Å². The van der Waals surface area contributed by atoms with E-state index in [1.165, 1.54) is 34.5 Å². The summed E-state index contributed by atoms with van der Waals surface area (Å²) >= 11 is 8.81. The van der Waals surface area contributed by atoms with Crippen molar-refractivity contribution in [3.63, 3.8) is 0 Å². The number of hydrogen-bond acceptors (Lipinski definition) is 6. The van der Waals surface area contributed by atoms with Crippen LogP contribution in [0.25, 0.3) is 0 Å². The van der Waals surface area contributed by atoms with Gasteiger partial charge in [0.05, 0.1) is 10.7 Å². The third-order valence-corrected chi connectivity index (χ3v) is 6.80. The summed E-state index contributed by atoms with van der Waals surface area (Å²) in [7, 11) is 0. The lowest BCUT2D eigenvalue weighted by atomic mass is 10.2. The molecule has 0 bridgehead atoms. The van der Waals surface area contributed by atoms with Crippen LogP contribution in [0.3, 0.4) is 0 Å². The minimum absolute atomic E-state index is 0.0281. The number of anilines is 1. The summed E-state index contributed by atoms with van der Waals surface area (Å²) in [4.78, 5) is 29.0. The van der Waals surface area contributed by atoms with E-state index in [2.05, 4.69) is 10.3 Å². The molecular formula is C18H19ClFN3O3S2. The van der Waals surface area contributed by atoms with Crippen molar-refractivity contribution in [1.29, 1.82) is 0 Å². The lowest BCUT2D eigenvalue weighted by molar-refractivity contribution is -0.128. The molecule has 3 rings (SSSR count). The number of benzene rings is 1. The van der Waals surface area contributed by atoms with Gasteiger partial charge in [-0.1, -0.05) is 23.4 Å². The Morgan fingerprint density at radius 2 is 2.32 bits per heavy atom. The average molecular weight is 444 g/mol. The molecular weight excluding hydrogens is 425 g/mol. The molecule has 150 valence electrons. The van der Waals surface area contributed by atoms with Crippen molar-refractivity contribution in [3.8, 4) is 0 Å². The zero-order valence-electron chi connectivity index (χ0n) is 15.1. The Kier molecular flexibility index (Phi) is 6.79. The summed E-state index contributed by atoms with van der Waals surface area (Å²) < 4.78 is 14.2. The number of carbonyl (C=O) groups excluding carboxylic acids is 1. The Bertz CT molecular complexity index is 893. The van der Waals surface area contributed by atoms with Crippen LogP contribution in [0.4, 0.5) is 10.1 Å². The van der Waals surface area contributed by atoms with E-state index in [0.717, 1.165) is 6.42 Å². The molecule has 28 heavy (non-hydrogen) atoms. The van der Waals surface area contributed by atoms with Crippen LogP contribution in [0, 0.1) is 12.7 Å². The van der Waals surface area contributed by atoms with Gasteiger partial charge < -0.3 is 15.3 Å². The number of likely N-dealkylation sites (tertiary alicyclic amines) is 1. The Labute approximate surface area is 175 Å². The zero-order valence-corrected chi connectivity index (χ0v) is 17.5. The van der Waals surface area contributed by atoms with E-state index >= 15 is 0 Å². The fraction of sp³-hybridized carbons (Fsp3) is 0.389. The lowest BCUT2D eigenvalue weighted by Crippen LogP contribution is -2.39. The molecule has 1 atom stereocenters. The van der Waals surface area contributed by atoms with Gasteiger partial charge in [-0.05, 0) is 31.0 Å². The fourth-order valence-electron chi connectivity index (χ4n) is 2.99. The first-order valence-electron chi connectivity index (χ1n) is 8.65. The molecule has 0 spiro atoms. The number of amides is 1. The molecule has 1 aliphatic rings. The molecule has 0 aliphatic carbocycles. The molecule has 1 fully saturated rings. The molecule has 1 aromatic carbocycles. The normalized spacial score (nSPS) is 16.6. The van der Waals surface area contributed by atoms with E-state index in [0.29, 0.717) is 45.9 Å². The highest BCUT2D eigenvalue weighted by molar-refractivity contribution is 8.01. The van der Waals surface area contributed by atoms with Crippen LogP contribution >= 0.6 is 34.7 Å². The van der Waals surface area contributed by atoms with E-state index in [4.69, 9.17) is 16.7 Å². The van der Waals surface area contributed by atoms with E-state index < -0.39 is 5.97 Å². The molecule has 1 aromatic heterocycles. The summed E-state index contributed by atoms with van der Waals surface area (Å²) in [6.07, 6.45) is 1.24. The smallest absolute Gasteiger partial charge is 0.355 e. The highest BCUT2D eigenvalue weighted by Crippen LogP contribution is 2.28. The molecule has 10 heteroatoms. The van der Waals surface area contributed by atoms with Gasteiger partial charge in [-0.2, -0.15) is 0 Å². The van der Waals surface area contributed by atoms with Crippen molar-refractivity contribution in [2.24, 2.45) is 0 Å². The fourth-order valence-corrected chi connectivity index (χ4v) is 5.01. The summed E-state index contributed by atoms with van der Waals surface area (Å²) in [5.41, 5.74) is 1.20. The number of halogens is 2. The second-order valence-electron chi connectivity index (χ2n) is 6.39. The lowest BCUT2D eigenvalue weighted by Gasteiger charge is -2.25. The number of aromatic nitrogens is 1. The second-order valence-corrected chi connectivity index (χ2v) is 9.00. The molecule has 2 N–H and O–H groups in total. The van der Waals surface area contributed by atoms with Crippen LogP contribution in [-0.4, -0.2) is 51.8 Å². The first kappa shape index (κ1) is 20.9. The molecule has 1 saturated heterocycles. The number of hydrogen-bond donors (Lipinski definition) is 2. The van der Waals surface area contributed by atoms with Crippen LogP contribution in [-0.2, 0) is 4.79 Å². The van der Waals surface area contributed by atoms with Gasteiger partial charge in [0.15, 0.2) is 10.0 Å². The number of carbonyl (C=O) groups is 2. The highest BCUT2D eigenvalue weighted by atomic mass is 35.5. The van der Waals surface area contributed by atoms with Crippen LogP contribution in [0.1, 0.15) is 28.9 Å². The summed E-state index contributed by atoms with van der Waals surface area (Å²) in [5.74, 6) is -0.665. The minimum atomic E-state index is -1.04. The van der Waals surface area contributed by atoms with Crippen LogP contribution in [0.15, 0.2) is 21.9 Å². The Balaban J connectivity index is 1.54. The van der Waals surface area contributed by atoms with Gasteiger partial charge in [0.2, 0.25) is 5.91 Å². The largest absolute Gasteiger partial charge is 0.476 e. The number of aryl methyl sites for hydroxylation is 1. The zero-order chi connectivity index (χ0) is 20.3. The standard InChI is InChI=1S/C18H19ClFN3O3S2/c1-10-6-14(12(19)7-13(10)20)21-8-11-2-3-16(24)23(11)4-5-27-18-22-15(9-28-18)17(25)26/h6-7,9,11,21H,2-5,8H2,1H3,(H,25,26)/t11-/m1/s1. The van der Waals surface area contributed by atoms with Gasteiger partial charge in [0.1, 0.15) is 5.82 Å². The SMILES string of the molecule is Cc1cc(NC[C@H]2CCC(=O)N2CCSc2nc(C(=O)O)cs2)c(Cl)cc1F. The molecule has 0 radical (unpaired) electrons. The maximum atomic E-state index is 13.5. The maximum absolute atomic E-state index is 13.5. The van der Waals surface area contributed by atoms with E-state index in [1.807, 2.05) is 4.90 Å². The number of carboxylic acid groups (broad SMARTS) is 1. The van der Waals surface area contributed by atoms with E-state index in [9.17, 15) is 14.0 Å². The predicted molar refractivity (Wildman–Crippen MR) is 109 cm³/mol. The number of nitrogens with zero attached hydrogens (tertiary/aromatic N) is 2. The van der Waals surface area contributed by atoms with Crippen molar-refractivity contribution in [1.82, 2.24) is 9.88 Å². The summed E-state index contributed by atoms with van der Waals surface area (Å²) in [6, 6.07) is 2.98. The first-order chi connectivity index (χ1) is 13.3. The topological polar surface area (TPSA) is 82.5 Å². The maximum Gasteiger partial charge on any atom is 0.355 e. The second kappa shape index (κ2) is 9.11. The van der Waals surface area contributed by atoms with Crippen molar-refractivity contribution in [2.75, 3.05) is 24.2 Å². The van der Waals surface area contributed by atoms with Gasteiger partial charge in [-0.15, -0.1) is 11.3 Å². The molecule has 6 nitrogen and oxygen atoms in total. The number of thioether (sulfide) groups is 1. The summed E-state index contributed by atoms with van der Waals surface area (Å²) in [6.45, 7) is 2.75. The Morgan fingerprint density at radius 1 is 1.54 bits per heavy atom. The summed E-state index contributed by atoms with van der Waals surface area (Å²) in [5, 5.41) is 14.0. The van der Waals surface area contributed by atoms with Gasteiger partial charge in [0, 0.05) is 36.7 Å².